The Balaban J connectivity index is 2.61. The van der Waals surface area contributed by atoms with E-state index < -0.39 is 29.6 Å². The average molecular weight is 322 g/mol. The van der Waals surface area contributed by atoms with Crippen molar-refractivity contribution in [3.8, 4) is 0 Å². The predicted octanol–water partition coefficient (Wildman–Crippen LogP) is 1.54. The monoisotopic (exact) mass is 322 g/mol. The van der Waals surface area contributed by atoms with E-state index in [-0.39, 0.29) is 6.54 Å². The van der Waals surface area contributed by atoms with Crippen molar-refractivity contribution in [3.05, 3.63) is 35.9 Å². The van der Waals surface area contributed by atoms with Gasteiger partial charge in [-0.1, -0.05) is 30.3 Å². The van der Waals surface area contributed by atoms with Crippen molar-refractivity contribution in [1.29, 1.82) is 0 Å². The first-order valence-corrected chi connectivity index (χ1v) is 7.12. The number of rotatable bonds is 5. The number of esters is 1. The largest absolute Gasteiger partial charge is 0.467 e. The van der Waals surface area contributed by atoms with Crippen LogP contribution in [0.1, 0.15) is 32.4 Å². The summed E-state index contributed by atoms with van der Waals surface area (Å²) < 4.78 is 9.72. The first-order chi connectivity index (χ1) is 10.7. The van der Waals surface area contributed by atoms with Gasteiger partial charge in [0.25, 0.3) is 0 Å². The molecule has 0 aliphatic carbocycles. The molecular weight excluding hydrogens is 300 g/mol. The van der Waals surface area contributed by atoms with E-state index in [0.29, 0.717) is 5.56 Å². The van der Waals surface area contributed by atoms with Crippen molar-refractivity contribution in [2.75, 3.05) is 13.7 Å². The zero-order chi connectivity index (χ0) is 17.5. The Kier molecular flexibility index (Phi) is 6.56. The van der Waals surface area contributed by atoms with Gasteiger partial charge in [-0.25, -0.2) is 9.59 Å². The number of nitrogens with one attached hydrogen (secondary N) is 2. The van der Waals surface area contributed by atoms with E-state index in [9.17, 15) is 14.4 Å². The van der Waals surface area contributed by atoms with Crippen molar-refractivity contribution in [1.82, 2.24) is 10.6 Å². The highest BCUT2D eigenvalue weighted by Gasteiger charge is 2.24. The molecule has 0 heterocycles. The first kappa shape index (κ1) is 18.5. The first-order valence-electron chi connectivity index (χ1n) is 7.12. The van der Waals surface area contributed by atoms with Gasteiger partial charge in [0.2, 0.25) is 5.91 Å². The smallest absolute Gasteiger partial charge is 0.408 e. The summed E-state index contributed by atoms with van der Waals surface area (Å²) in [6.07, 6.45) is -0.707. The lowest BCUT2D eigenvalue weighted by molar-refractivity contribution is -0.145. The van der Waals surface area contributed by atoms with E-state index in [0.717, 1.165) is 0 Å². The summed E-state index contributed by atoms with van der Waals surface area (Å²) in [6.45, 7) is 4.84. The van der Waals surface area contributed by atoms with Gasteiger partial charge < -0.3 is 20.1 Å². The molecule has 23 heavy (non-hydrogen) atoms. The lowest BCUT2D eigenvalue weighted by Gasteiger charge is -2.20. The quantitative estimate of drug-likeness (QED) is 0.802. The van der Waals surface area contributed by atoms with Gasteiger partial charge >= 0.3 is 12.1 Å². The minimum absolute atomic E-state index is 0.310. The van der Waals surface area contributed by atoms with Gasteiger partial charge in [-0.2, -0.15) is 0 Å². The number of carbonyl (C=O) groups excluding carboxylic acids is 3. The van der Waals surface area contributed by atoms with Crippen LogP contribution in [0.2, 0.25) is 0 Å². The second-order valence-corrected chi connectivity index (χ2v) is 5.79. The summed E-state index contributed by atoms with van der Waals surface area (Å²) in [6, 6.07) is 7.75. The molecule has 0 aromatic heterocycles. The van der Waals surface area contributed by atoms with Crippen LogP contribution in [-0.4, -0.2) is 37.2 Å². The fourth-order valence-electron chi connectivity index (χ4n) is 1.72. The standard InChI is InChI=1S/C16H22N2O5/c1-16(2,3)23-15(21)17-10-12(19)18-13(14(20)22-4)11-8-6-5-7-9-11/h5-9,13H,10H2,1-4H3,(H,17,21)(H,18,19). The summed E-state index contributed by atoms with van der Waals surface area (Å²) in [5.41, 5.74) is -0.0657. The third-order valence-corrected chi connectivity index (χ3v) is 2.67. The third-order valence-electron chi connectivity index (χ3n) is 2.67. The Bertz CT molecular complexity index is 551. The molecule has 1 atom stereocenters. The predicted molar refractivity (Wildman–Crippen MR) is 83.6 cm³/mol. The van der Waals surface area contributed by atoms with Crippen LogP contribution in [0, 0.1) is 0 Å². The SMILES string of the molecule is COC(=O)C(NC(=O)CNC(=O)OC(C)(C)C)c1ccccc1. The summed E-state index contributed by atoms with van der Waals surface area (Å²) in [7, 11) is 1.24. The van der Waals surface area contributed by atoms with Crippen LogP contribution in [0.4, 0.5) is 4.79 Å². The summed E-state index contributed by atoms with van der Waals surface area (Å²) >= 11 is 0. The second-order valence-electron chi connectivity index (χ2n) is 5.79. The highest BCUT2D eigenvalue weighted by Crippen LogP contribution is 2.13. The number of ether oxygens (including phenoxy) is 2. The molecule has 0 spiro atoms. The van der Waals surface area contributed by atoms with Crippen LogP contribution in [0.5, 0.6) is 0 Å². The fraction of sp³-hybridized carbons (Fsp3) is 0.438. The van der Waals surface area contributed by atoms with Gasteiger partial charge in [0.15, 0.2) is 6.04 Å². The Morgan fingerprint density at radius 2 is 1.74 bits per heavy atom. The second kappa shape index (κ2) is 8.17. The van der Waals surface area contributed by atoms with Gasteiger partial charge in [0.05, 0.1) is 7.11 Å². The molecule has 7 heteroatoms. The van der Waals surface area contributed by atoms with Gasteiger partial charge in [0.1, 0.15) is 12.1 Å². The molecule has 0 saturated heterocycles. The van der Waals surface area contributed by atoms with E-state index in [4.69, 9.17) is 9.47 Å². The van der Waals surface area contributed by atoms with Gasteiger partial charge in [-0.05, 0) is 26.3 Å². The summed E-state index contributed by atoms with van der Waals surface area (Å²) in [5.74, 6) is -1.13. The third kappa shape index (κ3) is 6.82. The molecule has 1 unspecified atom stereocenters. The molecule has 2 amide bonds. The van der Waals surface area contributed by atoms with E-state index in [1.807, 2.05) is 0 Å². The minimum Gasteiger partial charge on any atom is -0.467 e. The van der Waals surface area contributed by atoms with Crippen molar-refractivity contribution in [3.63, 3.8) is 0 Å². The van der Waals surface area contributed by atoms with Crippen LogP contribution in [0.15, 0.2) is 30.3 Å². The molecule has 1 rings (SSSR count). The lowest BCUT2D eigenvalue weighted by atomic mass is 10.1. The van der Waals surface area contributed by atoms with Crippen molar-refractivity contribution in [2.45, 2.75) is 32.4 Å². The van der Waals surface area contributed by atoms with Gasteiger partial charge in [-0.3, -0.25) is 4.79 Å². The number of benzene rings is 1. The molecule has 1 aromatic carbocycles. The molecule has 0 bridgehead atoms. The van der Waals surface area contributed by atoms with Crippen LogP contribution in [0.3, 0.4) is 0 Å². The van der Waals surface area contributed by atoms with Crippen molar-refractivity contribution >= 4 is 18.0 Å². The number of hydrogen-bond donors (Lipinski definition) is 2. The average Bonchev–Trinajstić information content (AvgIpc) is 2.49. The molecule has 126 valence electrons. The molecule has 7 nitrogen and oxygen atoms in total. The summed E-state index contributed by atoms with van der Waals surface area (Å²) in [4.78, 5) is 35.3. The molecule has 0 saturated carbocycles. The normalized spacial score (nSPS) is 12.0. The number of carbonyl (C=O) groups is 3. The molecule has 0 aliphatic rings. The maximum atomic E-state index is 11.9. The van der Waals surface area contributed by atoms with Gasteiger partial charge in [0, 0.05) is 0 Å². The Hall–Kier alpha value is -2.57. The van der Waals surface area contributed by atoms with E-state index in [1.54, 1.807) is 51.1 Å². The van der Waals surface area contributed by atoms with E-state index in [2.05, 4.69) is 10.6 Å². The van der Waals surface area contributed by atoms with Crippen LogP contribution in [0.25, 0.3) is 0 Å². The maximum Gasteiger partial charge on any atom is 0.408 e. The molecule has 0 fully saturated rings. The van der Waals surface area contributed by atoms with E-state index in [1.165, 1.54) is 7.11 Å². The highest BCUT2D eigenvalue weighted by molar-refractivity contribution is 5.87. The molecule has 1 aromatic rings. The molecule has 2 N–H and O–H groups in total. The zero-order valence-electron chi connectivity index (χ0n) is 13.7. The molecular formula is C16H22N2O5. The van der Waals surface area contributed by atoms with Crippen LogP contribution in [-0.2, 0) is 19.1 Å². The zero-order valence-corrected chi connectivity index (χ0v) is 13.7. The molecule has 0 radical (unpaired) electrons. The fourth-order valence-corrected chi connectivity index (χ4v) is 1.72. The molecule has 0 aliphatic heterocycles. The van der Waals surface area contributed by atoms with Gasteiger partial charge in [-0.15, -0.1) is 0 Å². The Morgan fingerprint density at radius 3 is 2.26 bits per heavy atom. The summed E-state index contributed by atoms with van der Waals surface area (Å²) in [5, 5.41) is 4.85. The number of alkyl carbamates (subject to hydrolysis) is 1. The minimum atomic E-state index is -0.936. The maximum absolute atomic E-state index is 11.9. The lowest BCUT2D eigenvalue weighted by Crippen LogP contribution is -2.42. The van der Waals surface area contributed by atoms with Crippen molar-refractivity contribution in [2.24, 2.45) is 0 Å². The van der Waals surface area contributed by atoms with Crippen molar-refractivity contribution < 1.29 is 23.9 Å². The van der Waals surface area contributed by atoms with E-state index >= 15 is 0 Å². The number of amides is 2. The van der Waals surface area contributed by atoms with Crippen LogP contribution < -0.4 is 10.6 Å². The highest BCUT2D eigenvalue weighted by atomic mass is 16.6. The number of methoxy groups -OCH3 is 1. The topological polar surface area (TPSA) is 93.7 Å². The number of hydrogen-bond acceptors (Lipinski definition) is 5. The van der Waals surface area contributed by atoms with Crippen LogP contribution >= 0.6 is 0 Å². The Morgan fingerprint density at radius 1 is 1.13 bits per heavy atom. The Labute approximate surface area is 135 Å².